The van der Waals surface area contributed by atoms with Crippen LogP contribution in [-0.2, 0) is 4.79 Å². The fraction of sp³-hybridized carbons (Fsp3) is 0.462. The van der Waals surface area contributed by atoms with Crippen molar-refractivity contribution in [2.24, 2.45) is 10.9 Å². The van der Waals surface area contributed by atoms with E-state index in [0.717, 1.165) is 5.56 Å². The zero-order chi connectivity index (χ0) is 11.4. The topological polar surface area (TPSA) is 29.4 Å². The summed E-state index contributed by atoms with van der Waals surface area (Å²) in [5, 5.41) is 0. The normalized spacial score (nSPS) is 12.3. The Hall–Kier alpha value is -1.40. The van der Waals surface area contributed by atoms with Gasteiger partial charge in [0.05, 0.1) is 6.04 Å². The van der Waals surface area contributed by atoms with Gasteiger partial charge in [0.25, 0.3) is 0 Å². The van der Waals surface area contributed by atoms with Gasteiger partial charge in [-0.05, 0) is 30.9 Å². The lowest BCUT2D eigenvalue weighted by Crippen LogP contribution is -2.05. The molecule has 0 saturated carbocycles. The molecular formula is C13H17NO. The third-order valence-electron chi connectivity index (χ3n) is 2.57. The maximum absolute atomic E-state index is 10.4. The van der Waals surface area contributed by atoms with Crippen molar-refractivity contribution >= 4 is 6.08 Å². The van der Waals surface area contributed by atoms with Crippen LogP contribution in [0.5, 0.6) is 0 Å². The van der Waals surface area contributed by atoms with E-state index in [1.54, 1.807) is 6.08 Å². The first-order valence-electron chi connectivity index (χ1n) is 5.20. The predicted molar refractivity (Wildman–Crippen MR) is 61.6 cm³/mol. The Balaban J connectivity index is 3.17. The Kier molecular flexibility index (Phi) is 3.81. The summed E-state index contributed by atoms with van der Waals surface area (Å²) in [5.41, 5.74) is 3.54. The number of isocyanates is 1. The molecule has 0 saturated heterocycles. The molecule has 2 heteroatoms. The summed E-state index contributed by atoms with van der Waals surface area (Å²) in [5.74, 6) is 0.313. The second-order valence-corrected chi connectivity index (χ2v) is 4.27. The van der Waals surface area contributed by atoms with Crippen LogP contribution in [0.2, 0.25) is 0 Å². The van der Waals surface area contributed by atoms with Crippen LogP contribution < -0.4 is 0 Å². The van der Waals surface area contributed by atoms with Crippen LogP contribution in [-0.4, -0.2) is 6.08 Å². The highest BCUT2D eigenvalue weighted by atomic mass is 16.1. The zero-order valence-electron chi connectivity index (χ0n) is 9.74. The van der Waals surface area contributed by atoms with Crippen molar-refractivity contribution in [1.82, 2.24) is 0 Å². The fourth-order valence-electron chi connectivity index (χ4n) is 1.79. The van der Waals surface area contributed by atoms with E-state index in [0.29, 0.717) is 5.92 Å². The van der Waals surface area contributed by atoms with Gasteiger partial charge in [-0.15, -0.1) is 0 Å². The minimum atomic E-state index is -0.0666. The molecule has 1 unspecified atom stereocenters. The van der Waals surface area contributed by atoms with Crippen molar-refractivity contribution in [2.75, 3.05) is 0 Å². The number of aryl methyl sites for hydroxylation is 2. The van der Waals surface area contributed by atoms with Gasteiger partial charge < -0.3 is 0 Å². The average Bonchev–Trinajstić information content (AvgIpc) is 2.15. The summed E-state index contributed by atoms with van der Waals surface area (Å²) in [6.45, 7) is 8.23. The maximum atomic E-state index is 10.4. The van der Waals surface area contributed by atoms with Crippen LogP contribution in [0.15, 0.2) is 23.2 Å². The molecule has 0 radical (unpaired) electrons. The molecule has 80 valence electrons. The Morgan fingerprint density at radius 2 is 1.93 bits per heavy atom. The van der Waals surface area contributed by atoms with Crippen LogP contribution in [0.3, 0.4) is 0 Å². The van der Waals surface area contributed by atoms with Crippen LogP contribution in [0, 0.1) is 19.8 Å². The van der Waals surface area contributed by atoms with Gasteiger partial charge in [0, 0.05) is 0 Å². The molecule has 1 rings (SSSR count). The molecular weight excluding hydrogens is 186 g/mol. The molecule has 1 aromatic carbocycles. The van der Waals surface area contributed by atoms with E-state index in [9.17, 15) is 4.79 Å². The second-order valence-electron chi connectivity index (χ2n) is 4.27. The molecule has 0 heterocycles. The van der Waals surface area contributed by atoms with E-state index in [1.807, 2.05) is 0 Å². The number of carbonyl (C=O) groups excluding carboxylic acids is 1. The zero-order valence-corrected chi connectivity index (χ0v) is 9.74. The Morgan fingerprint density at radius 3 is 2.40 bits per heavy atom. The minimum Gasteiger partial charge on any atom is -0.211 e. The molecule has 0 aliphatic heterocycles. The van der Waals surface area contributed by atoms with Crippen LogP contribution in [0.4, 0.5) is 0 Å². The Bertz CT molecular complexity index is 390. The van der Waals surface area contributed by atoms with Crippen LogP contribution >= 0.6 is 0 Å². The van der Waals surface area contributed by atoms with Gasteiger partial charge in [-0.2, -0.15) is 4.99 Å². The van der Waals surface area contributed by atoms with Crippen molar-refractivity contribution in [3.8, 4) is 0 Å². The first-order chi connectivity index (χ1) is 7.06. The van der Waals surface area contributed by atoms with Crippen molar-refractivity contribution in [3.63, 3.8) is 0 Å². The van der Waals surface area contributed by atoms with Gasteiger partial charge in [-0.3, -0.25) is 0 Å². The second kappa shape index (κ2) is 4.90. The molecule has 0 aliphatic rings. The number of aliphatic imine (C=N–C) groups is 1. The standard InChI is InChI=1S/C13H17NO/c1-9(2)13(14-8-15)12-6-5-10(3)7-11(12)4/h5-7,9,13H,1-4H3. The third kappa shape index (κ3) is 2.77. The highest BCUT2D eigenvalue weighted by Gasteiger charge is 2.16. The number of hydrogen-bond acceptors (Lipinski definition) is 2. The van der Waals surface area contributed by atoms with E-state index in [4.69, 9.17) is 0 Å². The van der Waals surface area contributed by atoms with Crippen LogP contribution in [0.25, 0.3) is 0 Å². The molecule has 0 amide bonds. The van der Waals surface area contributed by atoms with Crippen molar-refractivity contribution in [2.45, 2.75) is 33.7 Å². The smallest absolute Gasteiger partial charge is 0.211 e. The number of hydrogen-bond donors (Lipinski definition) is 0. The van der Waals surface area contributed by atoms with Crippen molar-refractivity contribution in [1.29, 1.82) is 0 Å². The van der Waals surface area contributed by atoms with Gasteiger partial charge in [0.2, 0.25) is 6.08 Å². The van der Waals surface area contributed by atoms with Gasteiger partial charge in [-0.25, -0.2) is 4.79 Å². The van der Waals surface area contributed by atoms with E-state index >= 15 is 0 Å². The first kappa shape index (κ1) is 11.7. The molecule has 1 atom stereocenters. The van der Waals surface area contributed by atoms with E-state index < -0.39 is 0 Å². The van der Waals surface area contributed by atoms with Crippen molar-refractivity contribution in [3.05, 3.63) is 34.9 Å². The number of nitrogens with zero attached hydrogens (tertiary/aromatic N) is 1. The highest BCUT2D eigenvalue weighted by molar-refractivity contribution is 5.38. The predicted octanol–water partition coefficient (Wildman–Crippen LogP) is 3.34. The highest BCUT2D eigenvalue weighted by Crippen LogP contribution is 2.28. The van der Waals surface area contributed by atoms with E-state index in [2.05, 4.69) is 50.9 Å². The maximum Gasteiger partial charge on any atom is 0.235 e. The van der Waals surface area contributed by atoms with Crippen LogP contribution in [0.1, 0.15) is 36.6 Å². The Labute approximate surface area is 91.0 Å². The van der Waals surface area contributed by atoms with Gasteiger partial charge in [0.1, 0.15) is 0 Å². The quantitative estimate of drug-likeness (QED) is 0.547. The molecule has 15 heavy (non-hydrogen) atoms. The van der Waals surface area contributed by atoms with E-state index in [1.165, 1.54) is 11.1 Å². The molecule has 0 fully saturated rings. The lowest BCUT2D eigenvalue weighted by atomic mass is 9.92. The average molecular weight is 203 g/mol. The van der Waals surface area contributed by atoms with Gasteiger partial charge in [-0.1, -0.05) is 37.6 Å². The molecule has 0 spiro atoms. The summed E-state index contributed by atoms with van der Waals surface area (Å²) in [7, 11) is 0. The lowest BCUT2D eigenvalue weighted by Gasteiger charge is -2.17. The molecule has 0 aliphatic carbocycles. The molecule has 1 aromatic rings. The largest absolute Gasteiger partial charge is 0.235 e. The molecule has 0 bridgehead atoms. The summed E-state index contributed by atoms with van der Waals surface area (Å²) < 4.78 is 0. The molecule has 0 N–H and O–H groups in total. The summed E-state index contributed by atoms with van der Waals surface area (Å²) in [6.07, 6.45) is 1.66. The number of rotatable bonds is 3. The molecule has 0 aromatic heterocycles. The SMILES string of the molecule is Cc1ccc(C(N=C=O)C(C)C)c(C)c1. The molecule has 2 nitrogen and oxygen atoms in total. The summed E-state index contributed by atoms with van der Waals surface area (Å²) >= 11 is 0. The van der Waals surface area contributed by atoms with E-state index in [-0.39, 0.29) is 6.04 Å². The Morgan fingerprint density at radius 1 is 1.27 bits per heavy atom. The summed E-state index contributed by atoms with van der Waals surface area (Å²) in [4.78, 5) is 14.3. The van der Waals surface area contributed by atoms with Crippen molar-refractivity contribution < 1.29 is 4.79 Å². The lowest BCUT2D eigenvalue weighted by molar-refractivity contribution is 0.501. The monoisotopic (exact) mass is 203 g/mol. The first-order valence-corrected chi connectivity index (χ1v) is 5.20. The minimum absolute atomic E-state index is 0.0666. The summed E-state index contributed by atoms with van der Waals surface area (Å²) in [6, 6.07) is 6.15. The van der Waals surface area contributed by atoms with Gasteiger partial charge in [0.15, 0.2) is 0 Å². The number of benzene rings is 1. The fourth-order valence-corrected chi connectivity index (χ4v) is 1.79. The van der Waals surface area contributed by atoms with Gasteiger partial charge >= 0.3 is 0 Å². The third-order valence-corrected chi connectivity index (χ3v) is 2.57.